The molecule has 0 unspecified atom stereocenters. The summed E-state index contributed by atoms with van der Waals surface area (Å²) < 4.78 is 5.70. The van der Waals surface area contributed by atoms with Gasteiger partial charge in [0.05, 0.1) is 18.6 Å². The first kappa shape index (κ1) is 21.0. The van der Waals surface area contributed by atoms with Crippen LogP contribution in [0.25, 0.3) is 10.9 Å². The standard InChI is InChI=1S/C21H24N4O.HI/c1-2-22-21(24-14-15-26-19-11-4-3-5-12-19)25-16-18-9-6-8-17-10-7-13-23-20(17)18;/h3-13H,2,14-16H2,1H3,(H2,22,24,25);1H. The molecular formula is C21H25IN4O. The Hall–Kier alpha value is -2.35. The third-order valence-electron chi connectivity index (χ3n) is 3.87. The zero-order valence-corrected chi connectivity index (χ0v) is 17.7. The molecule has 2 N–H and O–H groups in total. The Balaban J connectivity index is 0.00000261. The van der Waals surface area contributed by atoms with Gasteiger partial charge in [-0.25, -0.2) is 4.99 Å². The van der Waals surface area contributed by atoms with E-state index >= 15 is 0 Å². The van der Waals surface area contributed by atoms with Crippen LogP contribution < -0.4 is 15.4 Å². The first-order valence-corrected chi connectivity index (χ1v) is 8.89. The Morgan fingerprint density at radius 2 is 1.81 bits per heavy atom. The van der Waals surface area contributed by atoms with E-state index in [4.69, 9.17) is 4.74 Å². The van der Waals surface area contributed by atoms with E-state index < -0.39 is 0 Å². The van der Waals surface area contributed by atoms with Crippen molar-refractivity contribution in [3.05, 3.63) is 72.4 Å². The van der Waals surface area contributed by atoms with Crippen LogP contribution in [-0.2, 0) is 6.54 Å². The second kappa shape index (κ2) is 11.4. The van der Waals surface area contributed by atoms with Gasteiger partial charge in [-0.3, -0.25) is 4.98 Å². The average Bonchev–Trinajstić information content (AvgIpc) is 2.70. The van der Waals surface area contributed by atoms with E-state index in [2.05, 4.69) is 45.7 Å². The highest BCUT2D eigenvalue weighted by atomic mass is 127. The summed E-state index contributed by atoms with van der Waals surface area (Å²) in [5, 5.41) is 7.70. The summed E-state index contributed by atoms with van der Waals surface area (Å²) >= 11 is 0. The van der Waals surface area contributed by atoms with Gasteiger partial charge in [-0.15, -0.1) is 24.0 Å². The topological polar surface area (TPSA) is 58.5 Å². The molecule has 0 atom stereocenters. The van der Waals surface area contributed by atoms with Crippen LogP contribution in [0.5, 0.6) is 5.75 Å². The van der Waals surface area contributed by atoms with E-state index in [1.165, 1.54) is 0 Å². The molecule has 27 heavy (non-hydrogen) atoms. The highest BCUT2D eigenvalue weighted by Crippen LogP contribution is 2.16. The third kappa shape index (κ3) is 6.39. The van der Waals surface area contributed by atoms with Crippen molar-refractivity contribution in [2.45, 2.75) is 13.5 Å². The number of rotatable bonds is 7. The maximum atomic E-state index is 5.70. The number of benzene rings is 2. The molecule has 0 bridgehead atoms. The summed E-state index contributed by atoms with van der Waals surface area (Å²) in [6, 6.07) is 20.0. The van der Waals surface area contributed by atoms with E-state index in [0.29, 0.717) is 19.7 Å². The molecule has 0 saturated heterocycles. The lowest BCUT2D eigenvalue weighted by molar-refractivity contribution is 0.322. The lowest BCUT2D eigenvalue weighted by Gasteiger charge is -2.12. The normalized spacial score (nSPS) is 10.9. The fraction of sp³-hybridized carbons (Fsp3) is 0.238. The number of hydrogen-bond donors (Lipinski definition) is 2. The Morgan fingerprint density at radius 3 is 2.63 bits per heavy atom. The molecular weight excluding hydrogens is 451 g/mol. The average molecular weight is 476 g/mol. The van der Waals surface area contributed by atoms with Gasteiger partial charge in [0.25, 0.3) is 0 Å². The van der Waals surface area contributed by atoms with Crippen molar-refractivity contribution in [3.8, 4) is 5.75 Å². The second-order valence-electron chi connectivity index (χ2n) is 5.78. The lowest BCUT2D eigenvalue weighted by atomic mass is 10.1. The molecule has 2 aromatic carbocycles. The number of guanidine groups is 1. The van der Waals surface area contributed by atoms with Crippen molar-refractivity contribution in [3.63, 3.8) is 0 Å². The fourth-order valence-electron chi connectivity index (χ4n) is 2.66. The SMILES string of the molecule is CCNC(=NCc1cccc2cccnc12)NCCOc1ccccc1.I. The molecule has 5 nitrogen and oxygen atoms in total. The summed E-state index contributed by atoms with van der Waals surface area (Å²) in [5.74, 6) is 1.65. The predicted molar refractivity (Wildman–Crippen MR) is 122 cm³/mol. The molecule has 142 valence electrons. The van der Waals surface area contributed by atoms with Crippen LogP contribution in [0.15, 0.2) is 71.9 Å². The van der Waals surface area contributed by atoms with Gasteiger partial charge in [0.2, 0.25) is 0 Å². The molecule has 0 amide bonds. The van der Waals surface area contributed by atoms with E-state index in [9.17, 15) is 0 Å². The molecule has 0 saturated carbocycles. The largest absolute Gasteiger partial charge is 0.492 e. The Kier molecular flexibility index (Phi) is 8.83. The van der Waals surface area contributed by atoms with Crippen LogP contribution in [0.4, 0.5) is 0 Å². The van der Waals surface area contributed by atoms with Crippen molar-refractivity contribution in [1.82, 2.24) is 15.6 Å². The van der Waals surface area contributed by atoms with Crippen molar-refractivity contribution in [2.75, 3.05) is 19.7 Å². The predicted octanol–water partition coefficient (Wildman–Crippen LogP) is 3.99. The van der Waals surface area contributed by atoms with Crippen molar-refractivity contribution in [2.24, 2.45) is 4.99 Å². The number of nitrogens with zero attached hydrogens (tertiary/aromatic N) is 2. The molecule has 0 fully saturated rings. The van der Waals surface area contributed by atoms with Gasteiger partial charge in [-0.1, -0.05) is 42.5 Å². The molecule has 0 aliphatic heterocycles. The van der Waals surface area contributed by atoms with Crippen molar-refractivity contribution < 1.29 is 4.74 Å². The Bertz CT molecular complexity index is 850. The molecule has 0 aliphatic rings. The summed E-state index contributed by atoms with van der Waals surface area (Å²) in [6.45, 7) is 4.68. The van der Waals surface area contributed by atoms with Gasteiger partial charge in [0, 0.05) is 18.1 Å². The number of aliphatic imine (C=N–C) groups is 1. The molecule has 0 aliphatic carbocycles. The van der Waals surface area contributed by atoms with Gasteiger partial charge in [-0.05, 0) is 30.7 Å². The van der Waals surface area contributed by atoms with Crippen LogP contribution in [0.3, 0.4) is 0 Å². The molecule has 0 spiro atoms. The van der Waals surface area contributed by atoms with Gasteiger partial charge >= 0.3 is 0 Å². The van der Waals surface area contributed by atoms with Crippen LogP contribution >= 0.6 is 24.0 Å². The number of halogens is 1. The Labute approximate surface area is 177 Å². The van der Waals surface area contributed by atoms with Crippen LogP contribution in [0.2, 0.25) is 0 Å². The van der Waals surface area contributed by atoms with Gasteiger partial charge in [-0.2, -0.15) is 0 Å². The number of hydrogen-bond acceptors (Lipinski definition) is 3. The first-order valence-electron chi connectivity index (χ1n) is 8.89. The summed E-state index contributed by atoms with van der Waals surface area (Å²) in [6.07, 6.45) is 1.82. The van der Waals surface area contributed by atoms with Crippen LogP contribution in [0, 0.1) is 0 Å². The molecule has 1 aromatic heterocycles. The number of pyridine rings is 1. The zero-order chi connectivity index (χ0) is 18.0. The number of ether oxygens (including phenoxy) is 1. The molecule has 0 radical (unpaired) electrons. The quantitative estimate of drug-likeness (QED) is 0.235. The van der Waals surface area contributed by atoms with Crippen LogP contribution in [-0.4, -0.2) is 30.6 Å². The highest BCUT2D eigenvalue weighted by Gasteiger charge is 2.02. The molecule has 3 rings (SSSR count). The molecule has 3 aromatic rings. The van der Waals surface area contributed by atoms with Gasteiger partial charge in [0.15, 0.2) is 5.96 Å². The lowest BCUT2D eigenvalue weighted by Crippen LogP contribution is -2.39. The van der Waals surface area contributed by atoms with E-state index in [0.717, 1.165) is 34.7 Å². The van der Waals surface area contributed by atoms with E-state index in [1.54, 1.807) is 0 Å². The summed E-state index contributed by atoms with van der Waals surface area (Å²) in [5.41, 5.74) is 2.11. The van der Waals surface area contributed by atoms with Crippen LogP contribution in [0.1, 0.15) is 12.5 Å². The number of para-hydroxylation sites is 2. The van der Waals surface area contributed by atoms with E-state index in [-0.39, 0.29) is 24.0 Å². The summed E-state index contributed by atoms with van der Waals surface area (Å²) in [7, 11) is 0. The minimum Gasteiger partial charge on any atom is -0.492 e. The second-order valence-corrected chi connectivity index (χ2v) is 5.78. The van der Waals surface area contributed by atoms with Crippen molar-refractivity contribution in [1.29, 1.82) is 0 Å². The number of fused-ring (bicyclic) bond motifs is 1. The van der Waals surface area contributed by atoms with Gasteiger partial charge < -0.3 is 15.4 Å². The molecule has 6 heteroatoms. The first-order chi connectivity index (χ1) is 12.9. The maximum absolute atomic E-state index is 5.70. The van der Waals surface area contributed by atoms with E-state index in [1.807, 2.05) is 48.7 Å². The highest BCUT2D eigenvalue weighted by molar-refractivity contribution is 14.0. The number of nitrogens with one attached hydrogen (secondary N) is 2. The zero-order valence-electron chi connectivity index (χ0n) is 15.4. The third-order valence-corrected chi connectivity index (χ3v) is 3.87. The minimum atomic E-state index is 0. The smallest absolute Gasteiger partial charge is 0.191 e. The monoisotopic (exact) mass is 476 g/mol. The summed E-state index contributed by atoms with van der Waals surface area (Å²) in [4.78, 5) is 9.16. The molecule has 1 heterocycles. The minimum absolute atomic E-state index is 0. The van der Waals surface area contributed by atoms with Gasteiger partial charge in [0.1, 0.15) is 12.4 Å². The van der Waals surface area contributed by atoms with Crippen molar-refractivity contribution >= 4 is 40.8 Å². The Morgan fingerprint density at radius 1 is 1.00 bits per heavy atom. The number of aromatic nitrogens is 1. The fourth-order valence-corrected chi connectivity index (χ4v) is 2.66. The maximum Gasteiger partial charge on any atom is 0.191 e.